The van der Waals surface area contributed by atoms with Crippen LogP contribution in [0, 0.1) is 0 Å². The average molecular weight is 196 g/mol. The average Bonchev–Trinajstić information content (AvgIpc) is 2.48. The zero-order chi connectivity index (χ0) is 10.9. The van der Waals surface area contributed by atoms with Crippen molar-refractivity contribution in [1.82, 2.24) is 5.16 Å². The van der Waals surface area contributed by atoms with E-state index >= 15 is 0 Å². The molecule has 0 aliphatic heterocycles. The Balaban J connectivity index is 3.05. The van der Waals surface area contributed by atoms with Gasteiger partial charge < -0.3 is 10.3 Å². The van der Waals surface area contributed by atoms with Gasteiger partial charge >= 0.3 is 0 Å². The quantitative estimate of drug-likeness (QED) is 0.790. The van der Waals surface area contributed by atoms with Crippen molar-refractivity contribution in [1.29, 1.82) is 0 Å². The second-order valence-electron chi connectivity index (χ2n) is 5.01. The van der Waals surface area contributed by atoms with E-state index in [-0.39, 0.29) is 17.4 Å². The Kier molecular flexibility index (Phi) is 3.00. The van der Waals surface area contributed by atoms with E-state index in [0.717, 1.165) is 11.3 Å². The molecule has 0 aliphatic carbocycles. The van der Waals surface area contributed by atoms with Crippen LogP contribution in [0.4, 0.5) is 0 Å². The van der Waals surface area contributed by atoms with E-state index in [4.69, 9.17) is 10.3 Å². The molecular weight excluding hydrogens is 176 g/mol. The highest BCUT2D eigenvalue weighted by atomic mass is 16.5. The fourth-order valence-corrected chi connectivity index (χ4v) is 1.38. The number of nitrogens with two attached hydrogens (primary N) is 1. The molecule has 3 heteroatoms. The Morgan fingerprint density at radius 2 is 1.93 bits per heavy atom. The van der Waals surface area contributed by atoms with E-state index in [2.05, 4.69) is 32.9 Å². The molecule has 0 aromatic carbocycles. The van der Waals surface area contributed by atoms with Crippen molar-refractivity contribution in [3.05, 3.63) is 17.5 Å². The lowest BCUT2D eigenvalue weighted by Crippen LogP contribution is -2.25. The maximum Gasteiger partial charge on any atom is 0.127 e. The van der Waals surface area contributed by atoms with Crippen molar-refractivity contribution < 1.29 is 4.52 Å². The molecule has 0 bridgehead atoms. The maximum absolute atomic E-state index is 5.86. The summed E-state index contributed by atoms with van der Waals surface area (Å²) in [6, 6.07) is 0.0983. The van der Waals surface area contributed by atoms with E-state index in [0.29, 0.717) is 0 Å². The van der Waals surface area contributed by atoms with Crippen molar-refractivity contribution in [2.45, 2.75) is 52.0 Å². The first-order valence-corrected chi connectivity index (χ1v) is 5.04. The van der Waals surface area contributed by atoms with Crippen molar-refractivity contribution in [2.75, 3.05) is 0 Å². The molecule has 2 N–H and O–H groups in total. The highest BCUT2D eigenvalue weighted by Crippen LogP contribution is 2.30. The lowest BCUT2D eigenvalue weighted by molar-refractivity contribution is 0.401. The normalized spacial score (nSPS) is 16.7. The van der Waals surface area contributed by atoms with Crippen molar-refractivity contribution in [3.8, 4) is 0 Å². The van der Waals surface area contributed by atoms with Crippen LogP contribution in [0.25, 0.3) is 0 Å². The molecule has 0 spiro atoms. The van der Waals surface area contributed by atoms with Gasteiger partial charge in [-0.25, -0.2) is 0 Å². The van der Waals surface area contributed by atoms with E-state index < -0.39 is 0 Å². The standard InChI is InChI=1S/C11H20N2O/c1-7(8(2)12)10-9(6-14-13-10)11(3,4)5/h6-8H,12H2,1-5H3/t7-,8-/m0/s1. The summed E-state index contributed by atoms with van der Waals surface area (Å²) in [6.45, 7) is 10.5. The summed E-state index contributed by atoms with van der Waals surface area (Å²) in [7, 11) is 0. The van der Waals surface area contributed by atoms with Crippen molar-refractivity contribution >= 4 is 0 Å². The van der Waals surface area contributed by atoms with Crippen LogP contribution in [-0.4, -0.2) is 11.2 Å². The molecular formula is C11H20N2O. The molecule has 0 amide bonds. The van der Waals surface area contributed by atoms with Gasteiger partial charge in [0.2, 0.25) is 0 Å². The number of hydrogen-bond acceptors (Lipinski definition) is 3. The molecule has 0 unspecified atom stereocenters. The number of rotatable bonds is 2. The van der Waals surface area contributed by atoms with Crippen LogP contribution in [-0.2, 0) is 5.41 Å². The van der Waals surface area contributed by atoms with Gasteiger partial charge in [0.05, 0.1) is 5.69 Å². The van der Waals surface area contributed by atoms with Crippen LogP contribution in [0.2, 0.25) is 0 Å². The molecule has 2 atom stereocenters. The second-order valence-corrected chi connectivity index (χ2v) is 5.01. The van der Waals surface area contributed by atoms with E-state index in [9.17, 15) is 0 Å². The van der Waals surface area contributed by atoms with E-state index in [1.165, 1.54) is 0 Å². The van der Waals surface area contributed by atoms with Crippen LogP contribution in [0.5, 0.6) is 0 Å². The Morgan fingerprint density at radius 3 is 2.36 bits per heavy atom. The van der Waals surface area contributed by atoms with Gasteiger partial charge in [-0.15, -0.1) is 0 Å². The molecule has 0 saturated carbocycles. The largest absolute Gasteiger partial charge is 0.364 e. The molecule has 1 heterocycles. The van der Waals surface area contributed by atoms with E-state index in [1.54, 1.807) is 6.26 Å². The Morgan fingerprint density at radius 1 is 1.36 bits per heavy atom. The highest BCUT2D eigenvalue weighted by molar-refractivity contribution is 5.26. The third kappa shape index (κ3) is 2.15. The topological polar surface area (TPSA) is 52.0 Å². The fourth-order valence-electron chi connectivity index (χ4n) is 1.38. The van der Waals surface area contributed by atoms with Gasteiger partial charge in [0.15, 0.2) is 0 Å². The first-order valence-electron chi connectivity index (χ1n) is 5.04. The van der Waals surface area contributed by atoms with Gasteiger partial charge in [0.1, 0.15) is 6.26 Å². The predicted molar refractivity (Wildman–Crippen MR) is 57.3 cm³/mol. The van der Waals surface area contributed by atoms with Gasteiger partial charge in [0.25, 0.3) is 0 Å². The molecule has 1 aromatic rings. The summed E-state index contributed by atoms with van der Waals surface area (Å²) < 4.78 is 5.04. The molecule has 1 rings (SSSR count). The lowest BCUT2D eigenvalue weighted by Gasteiger charge is -2.21. The minimum atomic E-state index is 0.0679. The zero-order valence-electron chi connectivity index (χ0n) is 9.66. The van der Waals surface area contributed by atoms with Gasteiger partial charge in [-0.05, 0) is 12.3 Å². The Bertz CT molecular complexity index is 296. The molecule has 0 radical (unpaired) electrons. The minimum Gasteiger partial charge on any atom is -0.364 e. The number of hydrogen-bond donors (Lipinski definition) is 1. The number of nitrogens with zero attached hydrogens (tertiary/aromatic N) is 1. The molecule has 80 valence electrons. The summed E-state index contributed by atoms with van der Waals surface area (Å²) in [4.78, 5) is 0. The first-order chi connectivity index (χ1) is 6.34. The van der Waals surface area contributed by atoms with E-state index in [1.807, 2.05) is 6.92 Å². The summed E-state index contributed by atoms with van der Waals surface area (Å²) in [5.74, 6) is 0.239. The third-order valence-corrected chi connectivity index (χ3v) is 2.63. The molecule has 1 aromatic heterocycles. The molecule has 0 saturated heterocycles. The van der Waals surface area contributed by atoms with Gasteiger partial charge in [0, 0.05) is 17.5 Å². The van der Waals surface area contributed by atoms with Crippen molar-refractivity contribution in [3.63, 3.8) is 0 Å². The van der Waals surface area contributed by atoms with Crippen LogP contribution in [0.3, 0.4) is 0 Å². The van der Waals surface area contributed by atoms with Crippen LogP contribution >= 0.6 is 0 Å². The second kappa shape index (κ2) is 3.73. The monoisotopic (exact) mass is 196 g/mol. The first kappa shape index (κ1) is 11.2. The van der Waals surface area contributed by atoms with Gasteiger partial charge in [-0.1, -0.05) is 32.9 Å². The molecule has 3 nitrogen and oxygen atoms in total. The molecule has 14 heavy (non-hydrogen) atoms. The summed E-state index contributed by atoms with van der Waals surface area (Å²) in [5.41, 5.74) is 8.07. The van der Waals surface area contributed by atoms with Crippen LogP contribution in [0.15, 0.2) is 10.8 Å². The summed E-state index contributed by atoms with van der Waals surface area (Å²) >= 11 is 0. The van der Waals surface area contributed by atoms with Gasteiger partial charge in [-0.3, -0.25) is 0 Å². The van der Waals surface area contributed by atoms with Crippen LogP contribution in [0.1, 0.15) is 51.8 Å². The summed E-state index contributed by atoms with van der Waals surface area (Å²) in [5, 5.41) is 4.05. The molecule has 0 fully saturated rings. The number of aromatic nitrogens is 1. The highest BCUT2D eigenvalue weighted by Gasteiger charge is 2.26. The SMILES string of the molecule is C[C@H](N)[C@H](C)c1nocc1C(C)(C)C. The maximum atomic E-state index is 5.86. The lowest BCUT2D eigenvalue weighted by atomic mass is 9.83. The smallest absolute Gasteiger partial charge is 0.127 e. The van der Waals surface area contributed by atoms with Crippen molar-refractivity contribution in [2.24, 2.45) is 5.73 Å². The fraction of sp³-hybridized carbons (Fsp3) is 0.727. The third-order valence-electron chi connectivity index (χ3n) is 2.63. The Hall–Kier alpha value is -0.830. The summed E-state index contributed by atoms with van der Waals surface area (Å²) in [6.07, 6.45) is 1.73. The molecule has 0 aliphatic rings. The zero-order valence-corrected chi connectivity index (χ0v) is 9.66. The van der Waals surface area contributed by atoms with Gasteiger partial charge in [-0.2, -0.15) is 0 Å². The predicted octanol–water partition coefficient (Wildman–Crippen LogP) is 2.42. The van der Waals surface area contributed by atoms with Crippen LogP contribution < -0.4 is 5.73 Å². The Labute approximate surface area is 85.7 Å². The minimum absolute atomic E-state index is 0.0679.